The van der Waals surface area contributed by atoms with Crippen molar-refractivity contribution in [1.82, 2.24) is 29.5 Å². The highest BCUT2D eigenvalue weighted by molar-refractivity contribution is 5.97. The van der Waals surface area contributed by atoms with E-state index >= 15 is 0 Å². The van der Waals surface area contributed by atoms with E-state index in [2.05, 4.69) is 14.8 Å². The Morgan fingerprint density at radius 3 is 1.09 bits per heavy atom. The Kier molecular flexibility index (Phi) is 35.0. The molecule has 16 fully saturated rings. The number of nitrogens with two attached hydrogens (primary N) is 1. The highest BCUT2D eigenvalue weighted by Gasteiger charge is 2.59. The van der Waals surface area contributed by atoms with Crippen molar-refractivity contribution < 1.29 is 124 Å². The highest BCUT2D eigenvalue weighted by Crippen LogP contribution is 2.42. The molecule has 0 spiro atoms. The number of ether oxygens (including phenoxy) is 13. The van der Waals surface area contributed by atoms with Crippen LogP contribution in [0.15, 0.2) is 54.9 Å². The second-order valence-electron chi connectivity index (χ2n) is 32.2. The summed E-state index contributed by atoms with van der Waals surface area (Å²) in [6, 6.07) is 11.0. The maximum Gasteiger partial charge on any atom is 0.338 e. The third-order valence-electron chi connectivity index (χ3n) is 24.8. The number of pyridine rings is 1. The highest BCUT2D eigenvalue weighted by atomic mass is 16.6. The number of methoxy groups -OCH3 is 4. The number of rotatable bonds is 34. The molecule has 0 radical (unpaired) electrons. The van der Waals surface area contributed by atoms with Gasteiger partial charge in [0.05, 0.1) is 63.3 Å². The number of aliphatic hydroxyl groups is 1. The molecule has 15 saturated heterocycles. The molecule has 15 aliphatic heterocycles. The Labute approximate surface area is 678 Å². The largest absolute Gasteiger partial charge is 0.463 e. The van der Waals surface area contributed by atoms with Gasteiger partial charge in [-0.25, -0.2) is 19.2 Å². The van der Waals surface area contributed by atoms with Crippen LogP contribution in [-0.2, 0) is 110 Å². The van der Waals surface area contributed by atoms with Crippen molar-refractivity contribution in [1.29, 1.82) is 0 Å². The van der Waals surface area contributed by atoms with E-state index in [1.54, 1.807) is 50.6 Å². The van der Waals surface area contributed by atoms with Gasteiger partial charge in [0, 0.05) is 143 Å². The van der Waals surface area contributed by atoms with Gasteiger partial charge in [-0.2, -0.15) is 0 Å². The van der Waals surface area contributed by atoms with E-state index in [1.807, 2.05) is 34.6 Å². The number of fused-ring (bicyclic) bond motifs is 15. The smallest absolute Gasteiger partial charge is 0.338 e. The van der Waals surface area contributed by atoms with Crippen molar-refractivity contribution >= 4 is 70.7 Å². The summed E-state index contributed by atoms with van der Waals surface area (Å²) in [6.45, 7) is 13.6. The number of ketones is 5. The monoisotopic (exact) mass is 1630 g/mol. The van der Waals surface area contributed by atoms with E-state index in [0.29, 0.717) is 63.7 Å². The molecule has 1 aromatic heterocycles. The van der Waals surface area contributed by atoms with Gasteiger partial charge in [0.15, 0.2) is 28.9 Å². The zero-order chi connectivity index (χ0) is 83.6. The van der Waals surface area contributed by atoms with E-state index in [4.69, 9.17) is 67.3 Å². The Balaban J connectivity index is 0.000000168. The third-order valence-corrected chi connectivity index (χ3v) is 24.8. The number of nitrogens with zero attached hydrogens (tertiary/aromatic N) is 6. The Morgan fingerprint density at radius 2 is 0.750 bits per heavy atom. The zero-order valence-electron chi connectivity index (χ0n) is 68.5. The van der Waals surface area contributed by atoms with Crippen LogP contribution in [0.5, 0.6) is 0 Å². The van der Waals surface area contributed by atoms with Crippen LogP contribution in [0.1, 0.15) is 131 Å². The van der Waals surface area contributed by atoms with Gasteiger partial charge in [-0.05, 0) is 107 Å². The van der Waals surface area contributed by atoms with Crippen LogP contribution in [0, 0.1) is 41.4 Å². The number of aliphatic hydroxyl groups excluding tert-OH is 1. The van der Waals surface area contributed by atoms with E-state index in [0.717, 1.165) is 129 Å². The van der Waals surface area contributed by atoms with E-state index in [-0.39, 0.29) is 162 Å². The lowest BCUT2D eigenvalue weighted by Crippen LogP contribution is -2.69. The van der Waals surface area contributed by atoms with Crippen molar-refractivity contribution in [3.63, 3.8) is 0 Å². The average Bonchev–Trinajstić information content (AvgIpc) is 0.812. The molecule has 16 aliphatic rings. The summed E-state index contributed by atoms with van der Waals surface area (Å²) < 4.78 is 68.1. The number of aromatic nitrogens is 1. The molecule has 16 heterocycles. The number of benzene rings is 1. The summed E-state index contributed by atoms with van der Waals surface area (Å²) in [7, 11) is 6.25. The molecule has 5 unspecified atom stereocenters. The fourth-order valence-corrected chi connectivity index (χ4v) is 17.8. The summed E-state index contributed by atoms with van der Waals surface area (Å²) in [6.07, 6.45) is 15.6. The lowest BCUT2D eigenvalue weighted by molar-refractivity contribution is -0.176. The molecule has 0 amide bonds. The Morgan fingerprint density at radius 1 is 0.422 bits per heavy atom. The first-order chi connectivity index (χ1) is 55.8. The van der Waals surface area contributed by atoms with Crippen LogP contribution >= 0.6 is 0 Å². The molecule has 5 atom stereocenters. The van der Waals surface area contributed by atoms with Crippen LogP contribution in [0.2, 0.25) is 0 Å². The molecule has 33 heteroatoms. The van der Waals surface area contributed by atoms with Gasteiger partial charge in [0.1, 0.15) is 93.2 Å². The quantitative estimate of drug-likeness (QED) is 0.0578. The molecule has 33 nitrogen and oxygen atoms in total. The molecule has 116 heavy (non-hydrogen) atoms. The van der Waals surface area contributed by atoms with Crippen LogP contribution in [0.4, 0.5) is 0 Å². The maximum atomic E-state index is 13.2. The topological polar surface area (TPSA) is 400 Å². The number of Topliss-reactive ketones (excluding diaryl/α,β-unsaturated/α-hetero) is 5. The van der Waals surface area contributed by atoms with Crippen molar-refractivity contribution in [2.75, 3.05) is 200 Å². The fourth-order valence-electron chi connectivity index (χ4n) is 17.8. The fraction of sp³-hybridized carbons (Fsp3) is 0.723. The van der Waals surface area contributed by atoms with Crippen LogP contribution in [-0.4, -0.2) is 339 Å². The van der Waals surface area contributed by atoms with E-state index in [9.17, 15) is 62.6 Å². The minimum Gasteiger partial charge on any atom is -0.463 e. The molecular formula is C83H121N7O26. The summed E-state index contributed by atoms with van der Waals surface area (Å²) >= 11 is 0. The SMILES string of the molecule is CC(C)C(N)C(=O)OCC1(CO)C(=O)C2CCN1CC2.COCC1(COC(=O)C2CCCC2)C(=O)C2CCN1CC2.COCC1(COC(C)=O)C(=O)C2CCN1CC2.COCCOCC(=O)OCC1(COC(=O)COCCOC)C(=O)C2CCN1CC2.O=C(OCC1(COC(=O)c2ccncc2)C(=O)C2CCN1CC2)c1ccccc1. The van der Waals surface area contributed by atoms with Crippen molar-refractivity contribution in [2.24, 2.45) is 47.2 Å². The molecule has 1 aliphatic carbocycles. The minimum absolute atomic E-state index is 0.00317. The lowest BCUT2D eigenvalue weighted by Gasteiger charge is -2.51. The predicted molar refractivity (Wildman–Crippen MR) is 413 cm³/mol. The van der Waals surface area contributed by atoms with Crippen molar-refractivity contribution in [2.45, 2.75) is 144 Å². The first kappa shape index (κ1) is 92.4. The Hall–Kier alpha value is -7.51. The van der Waals surface area contributed by atoms with Crippen LogP contribution in [0.25, 0.3) is 0 Å². The molecule has 18 rings (SSSR count). The maximum absolute atomic E-state index is 13.2. The van der Waals surface area contributed by atoms with E-state index in [1.165, 1.54) is 33.5 Å². The second-order valence-corrected chi connectivity index (χ2v) is 32.2. The van der Waals surface area contributed by atoms with Gasteiger partial charge >= 0.3 is 41.8 Å². The molecule has 2 aromatic rings. The van der Waals surface area contributed by atoms with Gasteiger partial charge in [-0.3, -0.25) is 67.8 Å². The molecule has 10 bridgehead atoms. The standard InChI is InChI=1S/C22H22N2O5.C19H31NO9.C16H25NO4.C14H24N2O4.C12H19NO4/c25-19-16-8-12-24(13-9-16)22(19,14-28-20(26)17-4-2-1-3-5-17)15-29-21(27)18-6-10-23-11-7-18;1-24-7-9-26-11-16(21)28-13-19(14-29-17(22)12-27-10-8-25-2)18(23)15-3-5-20(19)6-4-15;1-20-10-16(11-21-15(19)13-4-2-3-5-13)14(18)12-6-8-17(16)9-7-12;1-9(2)11(15)13(19)20-8-14(7-17)12(18)10-3-5-16(14)6-4-10;1-9(14)17-8-12(7-16-2)11(15)10-3-5-13(12)6-4-10/h1-7,10-11,16H,8-9,12-15H2;15H,3-14H2,1-2H3;12-13H,2-11H2,1H3;9-11,17H,3-8,15H2,1-2H3;10H,3-8H2,1-2H3. The van der Waals surface area contributed by atoms with Crippen LogP contribution < -0.4 is 5.73 Å². The third kappa shape index (κ3) is 22.3. The summed E-state index contributed by atoms with van der Waals surface area (Å²) in [5, 5.41) is 9.71. The lowest BCUT2D eigenvalue weighted by atomic mass is 9.74. The zero-order valence-corrected chi connectivity index (χ0v) is 68.5. The number of hydrogen-bond donors (Lipinski definition) is 2. The van der Waals surface area contributed by atoms with Crippen molar-refractivity contribution in [3.05, 3.63) is 66.0 Å². The summed E-state index contributed by atoms with van der Waals surface area (Å²) in [5.41, 5.74) is 1.72. The van der Waals surface area contributed by atoms with Gasteiger partial charge in [-0.1, -0.05) is 44.9 Å². The number of piperidine rings is 15. The average molecular weight is 1630 g/mol. The summed E-state index contributed by atoms with van der Waals surface area (Å²) in [4.78, 5) is 162. The minimum atomic E-state index is -1.15. The first-order valence-corrected chi connectivity index (χ1v) is 40.8. The molecule has 1 aromatic carbocycles. The normalized spacial score (nSPS) is 29.7. The Bertz CT molecular complexity index is 3520. The van der Waals surface area contributed by atoms with Crippen molar-refractivity contribution in [3.8, 4) is 0 Å². The van der Waals surface area contributed by atoms with E-state index < -0.39 is 63.6 Å². The van der Waals surface area contributed by atoms with Gasteiger partial charge in [0.2, 0.25) is 0 Å². The first-order valence-electron chi connectivity index (χ1n) is 40.8. The second kappa shape index (κ2) is 44.0. The number of carbonyl (C=O) groups is 12. The summed E-state index contributed by atoms with van der Waals surface area (Å²) in [5.74, 6) is -2.79. The van der Waals surface area contributed by atoms with Gasteiger partial charge in [0.25, 0.3) is 0 Å². The molecule has 1 saturated carbocycles. The number of hydrogen-bond acceptors (Lipinski definition) is 33. The predicted octanol–water partition coefficient (Wildman–Crippen LogP) is 2.73. The molecule has 644 valence electrons. The molecule has 3 N–H and O–H groups in total. The van der Waals surface area contributed by atoms with Crippen LogP contribution in [0.3, 0.4) is 0 Å². The number of esters is 7. The van der Waals surface area contributed by atoms with Gasteiger partial charge < -0.3 is 72.4 Å². The van der Waals surface area contributed by atoms with Gasteiger partial charge in [-0.15, -0.1) is 0 Å². The molecular weight excluding hydrogens is 1510 g/mol. The number of carbonyl (C=O) groups excluding carboxylic acids is 12.